The molecule has 0 spiro atoms. The molecule has 2 atom stereocenters. The van der Waals surface area contributed by atoms with Crippen LogP contribution in [0.3, 0.4) is 0 Å². The number of hydrogen-bond donors (Lipinski definition) is 1. The van der Waals surface area contributed by atoms with Crippen LogP contribution in [-0.4, -0.2) is 29.9 Å². The molecule has 1 aliphatic heterocycles. The van der Waals surface area contributed by atoms with Crippen molar-refractivity contribution in [3.05, 3.63) is 22.6 Å². The maximum Gasteiger partial charge on any atom is 0.257 e. The molecule has 2 N–H and O–H groups in total. The monoisotopic (exact) mass is 300 g/mol. The number of carbonyl (C=O) groups is 1. The quantitative estimate of drug-likeness (QED) is 0.911. The zero-order valence-electron chi connectivity index (χ0n) is 9.86. The van der Waals surface area contributed by atoms with Gasteiger partial charge in [0, 0.05) is 25.2 Å². The number of nitrogens with two attached hydrogens (primary N) is 1. The van der Waals surface area contributed by atoms with E-state index >= 15 is 0 Å². The summed E-state index contributed by atoms with van der Waals surface area (Å²) in [6.07, 6.45) is 3.62. The molecule has 0 aliphatic carbocycles. The van der Waals surface area contributed by atoms with Crippen LogP contribution in [0.5, 0.6) is 0 Å². The van der Waals surface area contributed by atoms with Crippen LogP contribution in [0.4, 0.5) is 0 Å². The van der Waals surface area contributed by atoms with Gasteiger partial charge in [0.25, 0.3) is 5.91 Å². The van der Waals surface area contributed by atoms with E-state index in [0.29, 0.717) is 16.2 Å². The van der Waals surface area contributed by atoms with Gasteiger partial charge in [-0.3, -0.25) is 4.79 Å². The van der Waals surface area contributed by atoms with Crippen molar-refractivity contribution in [2.24, 2.45) is 11.7 Å². The Morgan fingerprint density at radius 3 is 3.06 bits per heavy atom. The summed E-state index contributed by atoms with van der Waals surface area (Å²) in [6.45, 7) is 3.57. The van der Waals surface area contributed by atoms with Crippen molar-refractivity contribution < 1.29 is 9.21 Å². The molecule has 17 heavy (non-hydrogen) atoms. The smallest absolute Gasteiger partial charge is 0.257 e. The Morgan fingerprint density at radius 1 is 1.71 bits per heavy atom. The molecule has 0 bridgehead atoms. The molecule has 1 aromatic rings. The predicted molar refractivity (Wildman–Crippen MR) is 68.7 cm³/mol. The van der Waals surface area contributed by atoms with E-state index in [9.17, 15) is 4.79 Å². The normalized spacial score (nSPS) is 22.5. The van der Waals surface area contributed by atoms with Crippen molar-refractivity contribution in [1.29, 1.82) is 0 Å². The first-order valence-electron chi connectivity index (χ1n) is 5.87. The minimum absolute atomic E-state index is 0.0322. The van der Waals surface area contributed by atoms with E-state index in [0.717, 1.165) is 25.9 Å². The number of rotatable bonds is 2. The third kappa shape index (κ3) is 2.90. The highest BCUT2D eigenvalue weighted by Gasteiger charge is 2.27. The summed E-state index contributed by atoms with van der Waals surface area (Å²) >= 11 is 3.20. The van der Waals surface area contributed by atoms with E-state index in [4.69, 9.17) is 10.2 Å². The number of likely N-dealkylation sites (tertiary alicyclic amines) is 1. The molecule has 5 heteroatoms. The summed E-state index contributed by atoms with van der Waals surface area (Å²) < 4.78 is 5.68. The van der Waals surface area contributed by atoms with E-state index in [-0.39, 0.29) is 11.9 Å². The predicted octanol–water partition coefficient (Wildman–Crippen LogP) is 2.24. The minimum atomic E-state index is 0.0322. The molecule has 0 radical (unpaired) electrons. The molecule has 2 rings (SSSR count). The van der Waals surface area contributed by atoms with Crippen LogP contribution >= 0.6 is 15.9 Å². The highest BCUT2D eigenvalue weighted by atomic mass is 79.9. The minimum Gasteiger partial charge on any atom is -0.457 e. The van der Waals surface area contributed by atoms with Gasteiger partial charge in [-0.25, -0.2) is 0 Å². The van der Waals surface area contributed by atoms with Crippen LogP contribution < -0.4 is 5.73 Å². The molecule has 2 unspecified atom stereocenters. The SMILES string of the molecule is CC(N)C1CCCN(C(=O)c2coc(Br)c2)C1. The molecule has 0 saturated carbocycles. The number of hydrogen-bond acceptors (Lipinski definition) is 3. The molecule has 1 aromatic heterocycles. The van der Waals surface area contributed by atoms with Gasteiger partial charge in [0.05, 0.1) is 5.56 Å². The van der Waals surface area contributed by atoms with Crippen LogP contribution in [0.15, 0.2) is 21.4 Å². The number of nitrogens with zero attached hydrogens (tertiary/aromatic N) is 1. The largest absolute Gasteiger partial charge is 0.457 e. The second-order valence-electron chi connectivity index (χ2n) is 4.65. The molecular formula is C12H17BrN2O2. The number of furan rings is 1. The van der Waals surface area contributed by atoms with Crippen molar-refractivity contribution in [2.45, 2.75) is 25.8 Å². The third-order valence-electron chi connectivity index (χ3n) is 3.30. The zero-order valence-corrected chi connectivity index (χ0v) is 11.4. The standard InChI is InChI=1S/C12H17BrN2O2/c1-8(14)9-3-2-4-15(6-9)12(16)10-5-11(13)17-7-10/h5,7-9H,2-4,6,14H2,1H3. The van der Waals surface area contributed by atoms with E-state index in [2.05, 4.69) is 15.9 Å². The fraction of sp³-hybridized carbons (Fsp3) is 0.583. The van der Waals surface area contributed by atoms with Crippen molar-refractivity contribution >= 4 is 21.8 Å². The first-order valence-corrected chi connectivity index (χ1v) is 6.66. The van der Waals surface area contributed by atoms with Crippen LogP contribution in [0.25, 0.3) is 0 Å². The molecule has 94 valence electrons. The number of piperidine rings is 1. The molecular weight excluding hydrogens is 284 g/mol. The Labute approximate surface area is 109 Å². The number of amides is 1. The molecule has 4 nitrogen and oxygen atoms in total. The van der Waals surface area contributed by atoms with Crippen LogP contribution in [0.1, 0.15) is 30.1 Å². The van der Waals surface area contributed by atoms with Gasteiger partial charge < -0.3 is 15.1 Å². The molecule has 1 fully saturated rings. The van der Waals surface area contributed by atoms with Gasteiger partial charge in [-0.2, -0.15) is 0 Å². The molecule has 1 aliphatic rings. The summed E-state index contributed by atoms with van der Waals surface area (Å²) in [5.41, 5.74) is 6.51. The van der Waals surface area contributed by atoms with E-state index in [1.807, 2.05) is 11.8 Å². The van der Waals surface area contributed by atoms with Crippen molar-refractivity contribution in [1.82, 2.24) is 4.90 Å². The first kappa shape index (κ1) is 12.6. The lowest BCUT2D eigenvalue weighted by Gasteiger charge is -2.34. The number of carbonyl (C=O) groups excluding carboxylic acids is 1. The summed E-state index contributed by atoms with van der Waals surface area (Å²) in [6, 6.07) is 1.85. The fourth-order valence-corrected chi connectivity index (χ4v) is 2.57. The Hall–Kier alpha value is -0.810. The van der Waals surface area contributed by atoms with E-state index in [1.165, 1.54) is 6.26 Å². The van der Waals surface area contributed by atoms with Gasteiger partial charge in [0.15, 0.2) is 4.67 Å². The lowest BCUT2D eigenvalue weighted by atomic mass is 9.92. The van der Waals surface area contributed by atoms with Crippen LogP contribution in [-0.2, 0) is 0 Å². The summed E-state index contributed by atoms with van der Waals surface area (Å²) in [4.78, 5) is 14.1. The van der Waals surface area contributed by atoms with Crippen LogP contribution in [0, 0.1) is 5.92 Å². The maximum atomic E-state index is 12.2. The Balaban J connectivity index is 2.04. The highest BCUT2D eigenvalue weighted by molar-refractivity contribution is 9.10. The Morgan fingerprint density at radius 2 is 2.47 bits per heavy atom. The van der Waals surface area contributed by atoms with Gasteiger partial charge in [-0.15, -0.1) is 0 Å². The van der Waals surface area contributed by atoms with Gasteiger partial charge in [0.2, 0.25) is 0 Å². The van der Waals surface area contributed by atoms with Gasteiger partial charge in [0.1, 0.15) is 6.26 Å². The molecule has 2 heterocycles. The average molecular weight is 301 g/mol. The molecule has 1 amide bonds. The van der Waals surface area contributed by atoms with Crippen molar-refractivity contribution in [3.63, 3.8) is 0 Å². The molecule has 1 saturated heterocycles. The molecule has 0 aromatic carbocycles. The topological polar surface area (TPSA) is 59.5 Å². The lowest BCUT2D eigenvalue weighted by Crippen LogP contribution is -2.44. The van der Waals surface area contributed by atoms with Gasteiger partial charge in [-0.1, -0.05) is 0 Å². The van der Waals surface area contributed by atoms with Crippen molar-refractivity contribution in [2.75, 3.05) is 13.1 Å². The second kappa shape index (κ2) is 5.23. The summed E-state index contributed by atoms with van der Waals surface area (Å²) in [7, 11) is 0. The second-order valence-corrected chi connectivity index (χ2v) is 5.43. The Kier molecular flexibility index (Phi) is 3.89. The van der Waals surface area contributed by atoms with E-state index < -0.39 is 0 Å². The van der Waals surface area contributed by atoms with Gasteiger partial charge >= 0.3 is 0 Å². The van der Waals surface area contributed by atoms with Gasteiger partial charge in [-0.05, 0) is 41.6 Å². The summed E-state index contributed by atoms with van der Waals surface area (Å²) in [5, 5.41) is 0. The summed E-state index contributed by atoms with van der Waals surface area (Å²) in [5.74, 6) is 0.438. The third-order valence-corrected chi connectivity index (χ3v) is 3.72. The maximum absolute atomic E-state index is 12.2. The highest BCUT2D eigenvalue weighted by Crippen LogP contribution is 2.22. The first-order chi connectivity index (χ1) is 8.08. The lowest BCUT2D eigenvalue weighted by molar-refractivity contribution is 0.0660. The zero-order chi connectivity index (χ0) is 12.4. The van der Waals surface area contributed by atoms with E-state index in [1.54, 1.807) is 6.07 Å². The average Bonchev–Trinajstić information content (AvgIpc) is 2.75. The Bertz CT molecular complexity index is 403. The van der Waals surface area contributed by atoms with Crippen LogP contribution in [0.2, 0.25) is 0 Å². The fourth-order valence-electron chi connectivity index (χ4n) is 2.23. The number of halogens is 1. The van der Waals surface area contributed by atoms with Crippen molar-refractivity contribution in [3.8, 4) is 0 Å².